The predicted molar refractivity (Wildman–Crippen MR) is 95.6 cm³/mol. The fraction of sp³-hybridized carbons (Fsp3) is 0.125. The van der Waals surface area contributed by atoms with Crippen molar-refractivity contribution in [3.63, 3.8) is 0 Å². The minimum absolute atomic E-state index is 0. The summed E-state index contributed by atoms with van der Waals surface area (Å²) in [6, 6.07) is 7.86. The lowest BCUT2D eigenvalue weighted by Crippen LogP contribution is -3.00. The Labute approximate surface area is 165 Å². The molecule has 0 fully saturated rings. The predicted octanol–water partition coefficient (Wildman–Crippen LogP) is 0.319. The van der Waals surface area contributed by atoms with Crippen LogP contribution in [0.2, 0.25) is 5.02 Å². The molecule has 140 valence electrons. The van der Waals surface area contributed by atoms with Crippen LogP contribution in [0.1, 0.15) is 5.56 Å². The zero-order chi connectivity index (χ0) is 18.7. The zero-order valence-corrected chi connectivity index (χ0v) is 15.7. The maximum Gasteiger partial charge on any atom is 0.271 e. The quantitative estimate of drug-likeness (QED) is 0.283. The third kappa shape index (κ3) is 4.78. The number of nitro benzene ring substituents is 1. The standard InChI is InChI=1S/C16H15ClN7O2.ClH/c1-22-6-2-3-11(9-22)10-23-16(18)15(8-19-23)21-20-14-5-4-12(24(25)26)7-13(14)17;/h2-9H,10,18H2,1H3;1H/q+1;/p-1. The molecule has 0 unspecified atom stereocenters. The molecule has 0 aliphatic carbocycles. The summed E-state index contributed by atoms with van der Waals surface area (Å²) in [5, 5.41) is 23.1. The van der Waals surface area contributed by atoms with Crippen LogP contribution in [0.25, 0.3) is 0 Å². The van der Waals surface area contributed by atoms with Gasteiger partial charge in [-0.3, -0.25) is 10.1 Å². The van der Waals surface area contributed by atoms with E-state index in [1.54, 1.807) is 4.68 Å². The van der Waals surface area contributed by atoms with Gasteiger partial charge in [-0.25, -0.2) is 9.25 Å². The maximum atomic E-state index is 10.7. The van der Waals surface area contributed by atoms with E-state index in [9.17, 15) is 10.1 Å². The topological polar surface area (TPSA) is 116 Å². The summed E-state index contributed by atoms with van der Waals surface area (Å²) in [5.74, 6) is 0.360. The van der Waals surface area contributed by atoms with E-state index < -0.39 is 4.92 Å². The van der Waals surface area contributed by atoms with E-state index in [1.807, 2.05) is 36.1 Å². The van der Waals surface area contributed by atoms with Crippen molar-refractivity contribution in [1.29, 1.82) is 0 Å². The highest BCUT2D eigenvalue weighted by Gasteiger charge is 2.11. The molecule has 0 amide bonds. The van der Waals surface area contributed by atoms with Crippen molar-refractivity contribution >= 4 is 34.5 Å². The molecule has 27 heavy (non-hydrogen) atoms. The van der Waals surface area contributed by atoms with E-state index in [-0.39, 0.29) is 23.1 Å². The van der Waals surface area contributed by atoms with E-state index in [0.29, 0.717) is 23.7 Å². The first-order valence-electron chi connectivity index (χ1n) is 7.55. The molecule has 0 aliphatic heterocycles. The number of rotatable bonds is 5. The van der Waals surface area contributed by atoms with Crippen LogP contribution < -0.4 is 22.7 Å². The van der Waals surface area contributed by atoms with E-state index >= 15 is 0 Å². The lowest BCUT2D eigenvalue weighted by molar-refractivity contribution is -0.671. The summed E-state index contributed by atoms with van der Waals surface area (Å²) < 4.78 is 3.55. The lowest BCUT2D eigenvalue weighted by Gasteiger charge is -2.03. The number of nitrogen functional groups attached to an aromatic ring is 1. The molecule has 2 N–H and O–H groups in total. The Kier molecular flexibility index (Phi) is 6.43. The molecule has 0 spiro atoms. The van der Waals surface area contributed by atoms with E-state index in [2.05, 4.69) is 15.3 Å². The fourth-order valence-electron chi connectivity index (χ4n) is 2.30. The summed E-state index contributed by atoms with van der Waals surface area (Å²) in [5.41, 5.74) is 7.69. The Balaban J connectivity index is 0.00000261. The second-order valence-electron chi connectivity index (χ2n) is 5.54. The second kappa shape index (κ2) is 8.56. The van der Waals surface area contributed by atoms with Crippen molar-refractivity contribution in [2.75, 3.05) is 5.73 Å². The minimum atomic E-state index is -0.529. The molecule has 2 heterocycles. The molecular formula is C16H15Cl2N7O2. The summed E-state index contributed by atoms with van der Waals surface area (Å²) >= 11 is 5.99. The highest BCUT2D eigenvalue weighted by molar-refractivity contribution is 6.33. The number of halogens is 2. The van der Waals surface area contributed by atoms with Crippen LogP contribution in [0, 0.1) is 10.1 Å². The summed E-state index contributed by atoms with van der Waals surface area (Å²) in [4.78, 5) is 10.2. The third-order valence-corrected chi connectivity index (χ3v) is 3.90. The summed E-state index contributed by atoms with van der Waals surface area (Å²) in [7, 11) is 1.93. The molecular weight excluding hydrogens is 393 g/mol. The number of hydrogen-bond donors (Lipinski definition) is 1. The molecule has 0 aliphatic rings. The molecule has 3 aromatic rings. The highest BCUT2D eigenvalue weighted by Crippen LogP contribution is 2.31. The molecule has 0 saturated heterocycles. The van der Waals surface area contributed by atoms with Crippen molar-refractivity contribution in [2.24, 2.45) is 17.3 Å². The largest absolute Gasteiger partial charge is 1.00 e. The number of nitro groups is 1. The number of nitrogens with zero attached hydrogens (tertiary/aromatic N) is 6. The van der Waals surface area contributed by atoms with Crippen molar-refractivity contribution < 1.29 is 21.9 Å². The molecule has 2 aromatic heterocycles. The van der Waals surface area contributed by atoms with Gasteiger partial charge in [0, 0.05) is 23.8 Å². The number of anilines is 1. The van der Waals surface area contributed by atoms with Gasteiger partial charge in [0.05, 0.1) is 22.7 Å². The van der Waals surface area contributed by atoms with Gasteiger partial charge in [-0.15, -0.1) is 10.2 Å². The SMILES string of the molecule is C[n+]1cccc(Cn2ncc(N=Nc3ccc([N+](=O)[O-])cc3Cl)c2N)c1.[Cl-]. The molecule has 9 nitrogen and oxygen atoms in total. The van der Waals surface area contributed by atoms with Gasteiger partial charge in [0.1, 0.15) is 24.2 Å². The molecule has 0 bridgehead atoms. The first-order chi connectivity index (χ1) is 12.4. The van der Waals surface area contributed by atoms with Crippen LogP contribution in [0.4, 0.5) is 22.9 Å². The Morgan fingerprint density at radius 1 is 1.33 bits per heavy atom. The lowest BCUT2D eigenvalue weighted by atomic mass is 10.3. The molecule has 0 saturated carbocycles. The molecule has 0 radical (unpaired) electrons. The Morgan fingerprint density at radius 3 is 2.74 bits per heavy atom. The average molecular weight is 408 g/mol. The molecule has 1 aromatic carbocycles. The minimum Gasteiger partial charge on any atom is -1.00 e. The van der Waals surface area contributed by atoms with Crippen LogP contribution in [0.15, 0.2) is 59.2 Å². The van der Waals surface area contributed by atoms with Gasteiger partial charge in [-0.05, 0) is 12.1 Å². The number of azo groups is 1. The van der Waals surface area contributed by atoms with Gasteiger partial charge in [-0.1, -0.05) is 11.6 Å². The first kappa shape index (κ1) is 20.3. The normalized spacial score (nSPS) is 10.7. The molecule has 0 atom stereocenters. The van der Waals surface area contributed by atoms with Crippen LogP contribution in [0.5, 0.6) is 0 Å². The van der Waals surface area contributed by atoms with Gasteiger partial charge in [0.15, 0.2) is 12.4 Å². The van der Waals surface area contributed by atoms with Crippen LogP contribution >= 0.6 is 11.6 Å². The van der Waals surface area contributed by atoms with Crippen molar-refractivity contribution in [3.8, 4) is 0 Å². The van der Waals surface area contributed by atoms with Gasteiger partial charge in [-0.2, -0.15) is 5.10 Å². The number of nitrogens with two attached hydrogens (primary N) is 1. The van der Waals surface area contributed by atoms with Crippen molar-refractivity contribution in [2.45, 2.75) is 6.54 Å². The number of benzene rings is 1. The van der Waals surface area contributed by atoms with E-state index in [4.69, 9.17) is 17.3 Å². The Bertz CT molecular complexity index is 1000. The van der Waals surface area contributed by atoms with Crippen molar-refractivity contribution in [3.05, 3.63) is 69.6 Å². The smallest absolute Gasteiger partial charge is 0.271 e. The van der Waals surface area contributed by atoms with Gasteiger partial charge in [0.2, 0.25) is 0 Å². The summed E-state index contributed by atoms with van der Waals surface area (Å²) in [6.45, 7) is 0.494. The Morgan fingerprint density at radius 2 is 2.07 bits per heavy atom. The Hall–Kier alpha value is -3.04. The fourth-order valence-corrected chi connectivity index (χ4v) is 2.52. The second-order valence-corrected chi connectivity index (χ2v) is 5.95. The van der Waals surface area contributed by atoms with Crippen LogP contribution in [-0.2, 0) is 13.6 Å². The van der Waals surface area contributed by atoms with Gasteiger partial charge < -0.3 is 18.1 Å². The summed E-state index contributed by atoms with van der Waals surface area (Å²) in [6.07, 6.45) is 5.41. The van der Waals surface area contributed by atoms with Crippen molar-refractivity contribution in [1.82, 2.24) is 9.78 Å². The zero-order valence-electron chi connectivity index (χ0n) is 14.2. The third-order valence-electron chi connectivity index (χ3n) is 3.60. The average Bonchev–Trinajstić information content (AvgIpc) is 2.94. The highest BCUT2D eigenvalue weighted by atomic mass is 35.5. The molecule has 3 rings (SSSR count). The van der Waals surface area contributed by atoms with Crippen LogP contribution in [-0.4, -0.2) is 14.7 Å². The monoisotopic (exact) mass is 407 g/mol. The van der Waals surface area contributed by atoms with Gasteiger partial charge in [0.25, 0.3) is 5.69 Å². The number of aryl methyl sites for hydroxylation is 1. The number of aromatic nitrogens is 3. The number of pyridine rings is 1. The van der Waals surface area contributed by atoms with Crippen LogP contribution in [0.3, 0.4) is 0 Å². The maximum absolute atomic E-state index is 10.7. The first-order valence-corrected chi connectivity index (χ1v) is 7.93. The number of hydrogen-bond acceptors (Lipinski definition) is 6. The molecule has 11 heteroatoms. The van der Waals surface area contributed by atoms with E-state index in [1.165, 1.54) is 24.4 Å². The van der Waals surface area contributed by atoms with Gasteiger partial charge >= 0.3 is 0 Å². The number of non-ortho nitro benzene ring substituents is 1. The van der Waals surface area contributed by atoms with E-state index in [0.717, 1.165) is 5.56 Å².